The van der Waals surface area contributed by atoms with E-state index in [0.717, 1.165) is 28.6 Å². The Labute approximate surface area is 228 Å². The molecular weight excluding hydrogens is 529 g/mol. The third kappa shape index (κ3) is 7.55. The first-order valence-electron chi connectivity index (χ1n) is 12.0. The van der Waals surface area contributed by atoms with Crippen LogP contribution >= 0.6 is 11.6 Å². The average Bonchev–Trinajstić information content (AvgIpc) is 2.86. The number of anilines is 1. The van der Waals surface area contributed by atoms with E-state index in [1.807, 2.05) is 20.8 Å². The van der Waals surface area contributed by atoms with Gasteiger partial charge in [-0.2, -0.15) is 0 Å². The van der Waals surface area contributed by atoms with E-state index in [4.69, 9.17) is 11.6 Å². The van der Waals surface area contributed by atoms with Gasteiger partial charge in [-0.1, -0.05) is 41.9 Å². The summed E-state index contributed by atoms with van der Waals surface area (Å²) in [4.78, 5) is 28.0. The summed E-state index contributed by atoms with van der Waals surface area (Å²) >= 11 is 6.01. The van der Waals surface area contributed by atoms with Gasteiger partial charge in [-0.15, -0.1) is 0 Å². The monoisotopic (exact) mass is 559 g/mol. The van der Waals surface area contributed by atoms with Crippen LogP contribution in [0.4, 0.5) is 10.1 Å². The summed E-state index contributed by atoms with van der Waals surface area (Å²) < 4.78 is 41.7. The third-order valence-electron chi connectivity index (χ3n) is 5.66. The molecule has 1 atom stereocenters. The standard InChI is InChI=1S/C28H31ClFN3O4S/c1-20(27(35)31-28(2,3)4)32(18-21-10-12-22(29)13-11-21)26(34)19-33(24-8-6-5-7-9-24)38(36,37)25-16-14-23(30)15-17-25/h5-17,20H,18-19H2,1-4H3,(H,31,35). The van der Waals surface area contributed by atoms with Crippen molar-refractivity contribution in [1.82, 2.24) is 10.2 Å². The lowest BCUT2D eigenvalue weighted by atomic mass is 10.1. The lowest BCUT2D eigenvalue weighted by Gasteiger charge is -2.33. The van der Waals surface area contributed by atoms with E-state index in [1.165, 1.54) is 4.90 Å². The Morgan fingerprint density at radius 2 is 1.53 bits per heavy atom. The molecule has 2 amide bonds. The van der Waals surface area contributed by atoms with Crippen LogP contribution in [0.5, 0.6) is 0 Å². The number of para-hydroxylation sites is 1. The molecule has 3 rings (SSSR count). The zero-order chi connectivity index (χ0) is 28.1. The third-order valence-corrected chi connectivity index (χ3v) is 7.70. The molecule has 1 unspecified atom stereocenters. The molecule has 0 aliphatic heterocycles. The van der Waals surface area contributed by atoms with Crippen molar-refractivity contribution < 1.29 is 22.4 Å². The SMILES string of the molecule is CC(C(=O)NC(C)(C)C)N(Cc1ccc(Cl)cc1)C(=O)CN(c1ccccc1)S(=O)(=O)c1ccc(F)cc1. The first-order valence-corrected chi connectivity index (χ1v) is 13.8. The topological polar surface area (TPSA) is 86.8 Å². The number of halogens is 2. The molecule has 0 aliphatic rings. The first-order chi connectivity index (χ1) is 17.8. The van der Waals surface area contributed by atoms with Gasteiger partial charge >= 0.3 is 0 Å². The molecule has 0 bridgehead atoms. The molecule has 0 aliphatic carbocycles. The molecule has 7 nitrogen and oxygen atoms in total. The minimum absolute atomic E-state index is 0.0496. The smallest absolute Gasteiger partial charge is 0.264 e. The van der Waals surface area contributed by atoms with Gasteiger partial charge in [0.15, 0.2) is 0 Å². The summed E-state index contributed by atoms with van der Waals surface area (Å²) in [7, 11) is -4.25. The van der Waals surface area contributed by atoms with Gasteiger partial charge in [0.05, 0.1) is 10.6 Å². The maximum Gasteiger partial charge on any atom is 0.264 e. The zero-order valence-corrected chi connectivity index (χ0v) is 23.3. The maximum absolute atomic E-state index is 13.8. The molecule has 0 saturated carbocycles. The van der Waals surface area contributed by atoms with Crippen LogP contribution in [0.2, 0.25) is 5.02 Å². The molecule has 0 heterocycles. The van der Waals surface area contributed by atoms with Crippen molar-refractivity contribution in [3.05, 3.63) is 95.3 Å². The van der Waals surface area contributed by atoms with Crippen molar-refractivity contribution in [3.8, 4) is 0 Å². The Morgan fingerprint density at radius 3 is 2.08 bits per heavy atom. The fourth-order valence-electron chi connectivity index (χ4n) is 3.70. The number of nitrogens with zero attached hydrogens (tertiary/aromatic N) is 2. The van der Waals surface area contributed by atoms with Crippen molar-refractivity contribution >= 4 is 39.1 Å². The highest BCUT2D eigenvalue weighted by atomic mass is 35.5. The van der Waals surface area contributed by atoms with Gasteiger partial charge in [-0.05, 0) is 81.8 Å². The normalized spacial score (nSPS) is 12.5. The maximum atomic E-state index is 13.8. The minimum Gasteiger partial charge on any atom is -0.350 e. The van der Waals surface area contributed by atoms with Crippen LogP contribution in [0.25, 0.3) is 0 Å². The largest absolute Gasteiger partial charge is 0.350 e. The quantitative estimate of drug-likeness (QED) is 0.399. The van der Waals surface area contributed by atoms with Gasteiger partial charge in [0.25, 0.3) is 10.0 Å². The number of carbonyl (C=O) groups is 2. The van der Waals surface area contributed by atoms with Gasteiger partial charge in [0.1, 0.15) is 18.4 Å². The second-order valence-electron chi connectivity index (χ2n) is 9.86. The number of nitrogens with one attached hydrogen (secondary N) is 1. The van der Waals surface area contributed by atoms with Crippen molar-refractivity contribution in [2.45, 2.75) is 50.7 Å². The lowest BCUT2D eigenvalue weighted by Crippen LogP contribution is -2.54. The molecule has 38 heavy (non-hydrogen) atoms. The fourth-order valence-corrected chi connectivity index (χ4v) is 5.24. The molecule has 1 N–H and O–H groups in total. The number of hydrogen-bond donors (Lipinski definition) is 1. The summed E-state index contributed by atoms with van der Waals surface area (Å²) in [5.74, 6) is -1.56. The van der Waals surface area contributed by atoms with Crippen molar-refractivity contribution in [1.29, 1.82) is 0 Å². The van der Waals surface area contributed by atoms with E-state index in [1.54, 1.807) is 61.5 Å². The highest BCUT2D eigenvalue weighted by Crippen LogP contribution is 2.25. The number of rotatable bonds is 9. The summed E-state index contributed by atoms with van der Waals surface area (Å²) in [5.41, 5.74) is 0.428. The summed E-state index contributed by atoms with van der Waals surface area (Å²) in [5, 5.41) is 3.39. The highest BCUT2D eigenvalue weighted by Gasteiger charge is 2.33. The first kappa shape index (κ1) is 29.1. The molecule has 0 spiro atoms. The molecule has 0 fully saturated rings. The van der Waals surface area contributed by atoms with E-state index >= 15 is 0 Å². The summed E-state index contributed by atoms with van der Waals surface area (Å²) in [6.07, 6.45) is 0. The van der Waals surface area contributed by atoms with Gasteiger partial charge in [-0.3, -0.25) is 13.9 Å². The van der Waals surface area contributed by atoms with Crippen LogP contribution in [-0.4, -0.2) is 43.3 Å². The molecule has 0 radical (unpaired) electrons. The molecule has 3 aromatic rings. The van der Waals surface area contributed by atoms with Crippen LogP contribution in [0.15, 0.2) is 83.8 Å². The lowest BCUT2D eigenvalue weighted by molar-refractivity contribution is -0.140. The number of sulfonamides is 1. The van der Waals surface area contributed by atoms with Gasteiger partial charge < -0.3 is 10.2 Å². The number of carbonyl (C=O) groups excluding carboxylic acids is 2. The van der Waals surface area contributed by atoms with Crippen LogP contribution in [0.1, 0.15) is 33.3 Å². The van der Waals surface area contributed by atoms with E-state index in [0.29, 0.717) is 10.6 Å². The Balaban J connectivity index is 2.00. The van der Waals surface area contributed by atoms with Crippen LogP contribution in [-0.2, 0) is 26.2 Å². The van der Waals surface area contributed by atoms with E-state index in [2.05, 4.69) is 5.32 Å². The van der Waals surface area contributed by atoms with Crippen molar-refractivity contribution in [3.63, 3.8) is 0 Å². The molecule has 202 valence electrons. The molecular formula is C28H31ClFN3O4S. The Hall–Kier alpha value is -3.43. The van der Waals surface area contributed by atoms with Gasteiger partial charge in [0.2, 0.25) is 11.8 Å². The predicted molar refractivity (Wildman–Crippen MR) is 147 cm³/mol. The van der Waals surface area contributed by atoms with E-state index in [-0.39, 0.29) is 23.0 Å². The Bertz CT molecular complexity index is 1360. The number of amides is 2. The van der Waals surface area contributed by atoms with Crippen molar-refractivity contribution in [2.24, 2.45) is 0 Å². The second-order valence-corrected chi connectivity index (χ2v) is 12.2. The summed E-state index contributed by atoms with van der Waals surface area (Å²) in [6, 6.07) is 18.4. The van der Waals surface area contributed by atoms with Crippen LogP contribution in [0, 0.1) is 5.82 Å². The molecule has 10 heteroatoms. The second kappa shape index (κ2) is 12.0. The van der Waals surface area contributed by atoms with E-state index in [9.17, 15) is 22.4 Å². The fraction of sp³-hybridized carbons (Fsp3) is 0.286. The number of benzene rings is 3. The van der Waals surface area contributed by atoms with Gasteiger partial charge in [-0.25, -0.2) is 12.8 Å². The summed E-state index contributed by atoms with van der Waals surface area (Å²) in [6.45, 7) is 6.55. The van der Waals surface area contributed by atoms with Crippen molar-refractivity contribution in [2.75, 3.05) is 10.8 Å². The molecule has 3 aromatic carbocycles. The van der Waals surface area contributed by atoms with Crippen LogP contribution < -0.4 is 9.62 Å². The zero-order valence-electron chi connectivity index (χ0n) is 21.7. The average molecular weight is 560 g/mol. The highest BCUT2D eigenvalue weighted by molar-refractivity contribution is 7.92. The number of hydrogen-bond acceptors (Lipinski definition) is 4. The van der Waals surface area contributed by atoms with Crippen LogP contribution in [0.3, 0.4) is 0 Å². The van der Waals surface area contributed by atoms with E-state index < -0.39 is 39.9 Å². The van der Waals surface area contributed by atoms with Gasteiger partial charge in [0, 0.05) is 17.1 Å². The molecule has 0 saturated heterocycles. The minimum atomic E-state index is -4.25. The Morgan fingerprint density at radius 1 is 0.947 bits per heavy atom. The Kier molecular flexibility index (Phi) is 9.17. The molecule has 0 aromatic heterocycles. The predicted octanol–water partition coefficient (Wildman–Crippen LogP) is 5.01.